The lowest BCUT2D eigenvalue weighted by atomic mass is 10.2. The summed E-state index contributed by atoms with van der Waals surface area (Å²) in [7, 11) is -3.24. The van der Waals surface area contributed by atoms with Crippen LogP contribution in [0.2, 0.25) is 0 Å². The Kier molecular flexibility index (Phi) is 4.52. The second kappa shape index (κ2) is 6.17. The van der Waals surface area contributed by atoms with Gasteiger partial charge in [0.05, 0.1) is 11.4 Å². The molecule has 21 heavy (non-hydrogen) atoms. The van der Waals surface area contributed by atoms with Gasteiger partial charge < -0.3 is 9.84 Å². The van der Waals surface area contributed by atoms with E-state index in [4.69, 9.17) is 4.52 Å². The van der Waals surface area contributed by atoms with Gasteiger partial charge in [-0.3, -0.25) is 4.72 Å². The van der Waals surface area contributed by atoms with Crippen LogP contribution in [-0.4, -0.2) is 19.3 Å². The minimum Gasteiger partial charge on any atom is -0.381 e. The van der Waals surface area contributed by atoms with E-state index in [1.54, 1.807) is 19.1 Å². The van der Waals surface area contributed by atoms with Crippen molar-refractivity contribution >= 4 is 21.4 Å². The van der Waals surface area contributed by atoms with E-state index in [2.05, 4.69) is 15.2 Å². The SMILES string of the molecule is CCS(=O)(=O)Nc1ccc(NCc2c(C)noc2C)cc1. The van der Waals surface area contributed by atoms with E-state index < -0.39 is 10.0 Å². The molecule has 0 saturated carbocycles. The van der Waals surface area contributed by atoms with E-state index in [1.165, 1.54) is 0 Å². The van der Waals surface area contributed by atoms with E-state index in [-0.39, 0.29) is 5.75 Å². The van der Waals surface area contributed by atoms with Crippen LogP contribution >= 0.6 is 0 Å². The lowest BCUT2D eigenvalue weighted by Crippen LogP contribution is -2.14. The van der Waals surface area contributed by atoms with Crippen LogP contribution in [0.4, 0.5) is 11.4 Å². The molecule has 0 saturated heterocycles. The average Bonchev–Trinajstić information content (AvgIpc) is 2.77. The van der Waals surface area contributed by atoms with Crippen molar-refractivity contribution in [1.29, 1.82) is 0 Å². The standard InChI is InChI=1S/C14H19N3O3S/c1-4-21(18,19)17-13-7-5-12(6-8-13)15-9-14-10(2)16-20-11(14)3/h5-8,15,17H,4,9H2,1-3H3. The van der Waals surface area contributed by atoms with Crippen LogP contribution in [0.25, 0.3) is 0 Å². The highest BCUT2D eigenvalue weighted by molar-refractivity contribution is 7.92. The molecule has 0 spiro atoms. The molecular formula is C14H19N3O3S. The van der Waals surface area contributed by atoms with E-state index in [0.29, 0.717) is 12.2 Å². The zero-order valence-corrected chi connectivity index (χ0v) is 13.1. The molecule has 1 aromatic carbocycles. The third-order valence-corrected chi connectivity index (χ3v) is 4.50. The Morgan fingerprint density at radius 3 is 2.29 bits per heavy atom. The van der Waals surface area contributed by atoms with Gasteiger partial charge in [0.15, 0.2) is 0 Å². The number of sulfonamides is 1. The van der Waals surface area contributed by atoms with Crippen molar-refractivity contribution in [2.75, 3.05) is 15.8 Å². The summed E-state index contributed by atoms with van der Waals surface area (Å²) in [5, 5.41) is 7.16. The van der Waals surface area contributed by atoms with Gasteiger partial charge in [0.25, 0.3) is 0 Å². The number of benzene rings is 1. The quantitative estimate of drug-likeness (QED) is 0.857. The summed E-state index contributed by atoms with van der Waals surface area (Å²) in [6.07, 6.45) is 0. The fourth-order valence-corrected chi connectivity index (χ4v) is 2.49. The highest BCUT2D eigenvalue weighted by Crippen LogP contribution is 2.18. The van der Waals surface area contributed by atoms with Gasteiger partial charge in [-0.1, -0.05) is 5.16 Å². The summed E-state index contributed by atoms with van der Waals surface area (Å²) >= 11 is 0. The first-order valence-electron chi connectivity index (χ1n) is 6.67. The second-order valence-electron chi connectivity index (χ2n) is 4.74. The molecule has 0 aliphatic rings. The highest BCUT2D eigenvalue weighted by atomic mass is 32.2. The van der Waals surface area contributed by atoms with E-state index in [9.17, 15) is 8.42 Å². The Bertz CT molecular complexity index is 686. The minimum atomic E-state index is -3.24. The van der Waals surface area contributed by atoms with Crippen LogP contribution in [0.1, 0.15) is 23.9 Å². The number of rotatable bonds is 6. The minimum absolute atomic E-state index is 0.0546. The summed E-state index contributed by atoms with van der Waals surface area (Å²) in [5.74, 6) is 0.853. The summed E-state index contributed by atoms with van der Waals surface area (Å²) in [6.45, 7) is 5.98. The molecular weight excluding hydrogens is 290 g/mol. The Morgan fingerprint density at radius 2 is 1.76 bits per heavy atom. The molecule has 0 radical (unpaired) electrons. The summed E-state index contributed by atoms with van der Waals surface area (Å²) < 4.78 is 30.5. The predicted octanol–water partition coefficient (Wildman–Crippen LogP) is 2.67. The molecule has 2 N–H and O–H groups in total. The molecule has 0 bridgehead atoms. The van der Waals surface area contributed by atoms with Gasteiger partial charge >= 0.3 is 0 Å². The zero-order valence-electron chi connectivity index (χ0n) is 12.3. The van der Waals surface area contributed by atoms with Gasteiger partial charge in [0.2, 0.25) is 10.0 Å². The largest absolute Gasteiger partial charge is 0.381 e. The van der Waals surface area contributed by atoms with Crippen molar-refractivity contribution in [2.24, 2.45) is 0 Å². The Morgan fingerprint density at radius 1 is 1.14 bits per heavy atom. The zero-order chi connectivity index (χ0) is 15.5. The molecule has 2 rings (SSSR count). The normalized spacial score (nSPS) is 11.4. The molecule has 114 valence electrons. The smallest absolute Gasteiger partial charge is 0.232 e. The van der Waals surface area contributed by atoms with Gasteiger partial charge in [0.1, 0.15) is 5.76 Å². The first-order valence-corrected chi connectivity index (χ1v) is 8.32. The predicted molar refractivity (Wildman–Crippen MR) is 82.8 cm³/mol. The molecule has 0 unspecified atom stereocenters. The third kappa shape index (κ3) is 3.98. The molecule has 0 aliphatic carbocycles. The lowest BCUT2D eigenvalue weighted by Gasteiger charge is -2.09. The van der Waals surface area contributed by atoms with Crippen molar-refractivity contribution in [2.45, 2.75) is 27.3 Å². The number of hydrogen-bond acceptors (Lipinski definition) is 5. The van der Waals surface area contributed by atoms with Crippen molar-refractivity contribution in [3.05, 3.63) is 41.3 Å². The van der Waals surface area contributed by atoms with Crippen LogP contribution in [0.5, 0.6) is 0 Å². The second-order valence-corrected chi connectivity index (χ2v) is 6.75. The van der Waals surface area contributed by atoms with Crippen LogP contribution in [0.15, 0.2) is 28.8 Å². The van der Waals surface area contributed by atoms with Crippen molar-refractivity contribution in [1.82, 2.24) is 5.16 Å². The first kappa shape index (κ1) is 15.4. The number of nitrogens with zero attached hydrogens (tertiary/aromatic N) is 1. The van der Waals surface area contributed by atoms with Crippen LogP contribution < -0.4 is 10.0 Å². The monoisotopic (exact) mass is 309 g/mol. The number of aryl methyl sites for hydroxylation is 2. The summed E-state index contributed by atoms with van der Waals surface area (Å²) in [5.41, 5.74) is 3.35. The number of aromatic nitrogens is 1. The van der Waals surface area contributed by atoms with Gasteiger partial charge in [-0.25, -0.2) is 8.42 Å². The Labute approximate surface area is 124 Å². The molecule has 0 atom stereocenters. The number of anilines is 2. The fraction of sp³-hybridized carbons (Fsp3) is 0.357. The molecule has 0 fully saturated rings. The van der Waals surface area contributed by atoms with E-state index in [1.807, 2.05) is 26.0 Å². The molecule has 1 heterocycles. The van der Waals surface area contributed by atoms with Crippen molar-refractivity contribution < 1.29 is 12.9 Å². The number of nitrogens with one attached hydrogen (secondary N) is 2. The topological polar surface area (TPSA) is 84.2 Å². The Hall–Kier alpha value is -2.02. The van der Waals surface area contributed by atoms with E-state index >= 15 is 0 Å². The maximum absolute atomic E-state index is 11.5. The van der Waals surface area contributed by atoms with Crippen molar-refractivity contribution in [3.63, 3.8) is 0 Å². The number of hydrogen-bond donors (Lipinski definition) is 2. The highest BCUT2D eigenvalue weighted by Gasteiger charge is 2.09. The molecule has 0 aliphatic heterocycles. The molecule has 2 aromatic rings. The maximum atomic E-state index is 11.5. The van der Waals surface area contributed by atoms with Gasteiger partial charge in [-0.15, -0.1) is 0 Å². The third-order valence-electron chi connectivity index (χ3n) is 3.19. The molecule has 6 nitrogen and oxygen atoms in total. The lowest BCUT2D eigenvalue weighted by molar-refractivity contribution is 0.392. The average molecular weight is 309 g/mol. The molecule has 0 amide bonds. The summed E-state index contributed by atoms with van der Waals surface area (Å²) in [6, 6.07) is 7.10. The van der Waals surface area contributed by atoms with Gasteiger partial charge in [-0.2, -0.15) is 0 Å². The maximum Gasteiger partial charge on any atom is 0.232 e. The Balaban J connectivity index is 2.00. The molecule has 1 aromatic heterocycles. The summed E-state index contributed by atoms with van der Waals surface area (Å²) in [4.78, 5) is 0. The van der Waals surface area contributed by atoms with Crippen LogP contribution in [0.3, 0.4) is 0 Å². The van der Waals surface area contributed by atoms with Crippen LogP contribution in [0, 0.1) is 13.8 Å². The fourth-order valence-electron chi connectivity index (χ4n) is 1.85. The van der Waals surface area contributed by atoms with Crippen molar-refractivity contribution in [3.8, 4) is 0 Å². The van der Waals surface area contributed by atoms with Gasteiger partial charge in [-0.05, 0) is 45.0 Å². The molecule has 7 heteroatoms. The van der Waals surface area contributed by atoms with Crippen LogP contribution in [-0.2, 0) is 16.6 Å². The van der Waals surface area contributed by atoms with E-state index in [0.717, 1.165) is 22.7 Å². The van der Waals surface area contributed by atoms with Gasteiger partial charge in [0, 0.05) is 23.5 Å². The first-order chi connectivity index (χ1) is 9.91.